The third-order valence-corrected chi connectivity index (χ3v) is 3.40. The van der Waals surface area contributed by atoms with E-state index in [9.17, 15) is 22.8 Å². The summed E-state index contributed by atoms with van der Waals surface area (Å²) in [6.07, 6.45) is -4.69. The van der Waals surface area contributed by atoms with Gasteiger partial charge < -0.3 is 11.1 Å². The summed E-state index contributed by atoms with van der Waals surface area (Å²) < 4.78 is 39.3. The number of benzene rings is 2. The zero-order valence-corrected chi connectivity index (χ0v) is 12.9. The molecule has 0 unspecified atom stereocenters. The Morgan fingerprint density at radius 3 is 2.38 bits per heavy atom. The Labute approximate surface area is 140 Å². The molecule has 2 aromatic carbocycles. The van der Waals surface area contributed by atoms with Gasteiger partial charge in [0.25, 0.3) is 0 Å². The zero-order chi connectivity index (χ0) is 17.9. The molecule has 126 valence electrons. The summed E-state index contributed by atoms with van der Waals surface area (Å²) in [5.74, 6) is -1.49. The zero-order valence-electron chi connectivity index (χ0n) is 12.2. The van der Waals surface area contributed by atoms with Gasteiger partial charge in [-0.3, -0.25) is 9.59 Å². The molecule has 0 fully saturated rings. The van der Waals surface area contributed by atoms with E-state index in [2.05, 4.69) is 5.32 Å². The van der Waals surface area contributed by atoms with Gasteiger partial charge in [-0.15, -0.1) is 0 Å². The van der Waals surface area contributed by atoms with E-state index in [1.54, 1.807) is 0 Å². The third-order valence-electron chi connectivity index (χ3n) is 3.16. The van der Waals surface area contributed by atoms with E-state index in [4.69, 9.17) is 17.3 Å². The van der Waals surface area contributed by atoms with Gasteiger partial charge in [-0.2, -0.15) is 13.2 Å². The summed E-state index contributed by atoms with van der Waals surface area (Å²) in [4.78, 5) is 24.1. The summed E-state index contributed by atoms with van der Waals surface area (Å²) >= 11 is 5.84. The lowest BCUT2D eigenvalue weighted by Gasteiger charge is -2.14. The Bertz CT molecular complexity index is 791. The Hall–Kier alpha value is -2.38. The molecule has 0 atom stereocenters. The molecule has 0 bridgehead atoms. The Morgan fingerprint density at radius 1 is 1.08 bits per heavy atom. The molecule has 0 aromatic heterocycles. The minimum atomic E-state index is -4.69. The number of nitrogens with two attached hydrogens (primary N) is 1. The number of anilines is 1. The Kier molecular flexibility index (Phi) is 5.26. The molecule has 0 aliphatic rings. The maximum absolute atomic E-state index is 13.1. The second-order valence-electron chi connectivity index (χ2n) is 4.81. The van der Waals surface area contributed by atoms with Crippen molar-refractivity contribution in [3.63, 3.8) is 0 Å². The second kappa shape index (κ2) is 7.02. The van der Waals surface area contributed by atoms with Crippen LogP contribution < -0.4 is 11.1 Å². The second-order valence-corrected chi connectivity index (χ2v) is 5.25. The van der Waals surface area contributed by atoms with Crippen molar-refractivity contribution in [2.24, 2.45) is 5.73 Å². The van der Waals surface area contributed by atoms with Crippen LogP contribution in [0.25, 0.3) is 0 Å². The monoisotopic (exact) mass is 356 g/mol. The van der Waals surface area contributed by atoms with E-state index in [1.807, 2.05) is 0 Å². The average molecular weight is 357 g/mol. The van der Waals surface area contributed by atoms with Gasteiger partial charge in [-0.25, -0.2) is 0 Å². The lowest BCUT2D eigenvalue weighted by molar-refractivity contribution is -0.137. The summed E-state index contributed by atoms with van der Waals surface area (Å²) in [5.41, 5.74) is 3.49. The molecule has 0 saturated heterocycles. The van der Waals surface area contributed by atoms with E-state index >= 15 is 0 Å². The highest BCUT2D eigenvalue weighted by molar-refractivity contribution is 6.31. The fourth-order valence-corrected chi connectivity index (χ4v) is 2.26. The maximum atomic E-state index is 13.1. The topological polar surface area (TPSA) is 72.2 Å². The van der Waals surface area contributed by atoms with Gasteiger partial charge in [0.05, 0.1) is 17.8 Å². The molecular weight excluding hydrogens is 345 g/mol. The predicted octanol–water partition coefficient (Wildman–Crippen LogP) is 3.49. The van der Waals surface area contributed by atoms with E-state index in [1.165, 1.54) is 30.3 Å². The SMILES string of the molecule is NCC(=O)Nc1ccc(Cl)cc1C(=O)c1ccccc1C(F)(F)F. The van der Waals surface area contributed by atoms with Crippen molar-refractivity contribution >= 4 is 29.0 Å². The molecule has 0 spiro atoms. The highest BCUT2D eigenvalue weighted by atomic mass is 35.5. The van der Waals surface area contributed by atoms with Gasteiger partial charge in [0.15, 0.2) is 5.78 Å². The number of hydrogen-bond acceptors (Lipinski definition) is 3. The van der Waals surface area contributed by atoms with Crippen LogP contribution in [0.5, 0.6) is 0 Å². The Morgan fingerprint density at radius 2 is 1.75 bits per heavy atom. The highest BCUT2D eigenvalue weighted by Gasteiger charge is 2.35. The van der Waals surface area contributed by atoms with Crippen molar-refractivity contribution in [1.82, 2.24) is 0 Å². The minimum absolute atomic E-state index is 0.0387. The number of halogens is 4. The number of alkyl halides is 3. The molecule has 0 saturated carbocycles. The van der Waals surface area contributed by atoms with Crippen LogP contribution in [0.3, 0.4) is 0 Å². The first-order valence-electron chi connectivity index (χ1n) is 6.74. The molecule has 8 heteroatoms. The lowest BCUT2D eigenvalue weighted by Crippen LogP contribution is -2.23. The van der Waals surface area contributed by atoms with Crippen LogP contribution in [-0.2, 0) is 11.0 Å². The number of carbonyl (C=O) groups is 2. The van der Waals surface area contributed by atoms with Crippen LogP contribution in [0.1, 0.15) is 21.5 Å². The van der Waals surface area contributed by atoms with Crippen LogP contribution in [0.2, 0.25) is 5.02 Å². The van der Waals surface area contributed by atoms with Crippen LogP contribution in [0.15, 0.2) is 42.5 Å². The number of hydrogen-bond donors (Lipinski definition) is 2. The first-order chi connectivity index (χ1) is 11.2. The summed E-state index contributed by atoms with van der Waals surface area (Å²) in [5, 5.41) is 2.52. The first kappa shape index (κ1) is 18.0. The number of rotatable bonds is 4. The summed E-state index contributed by atoms with van der Waals surface area (Å²) in [6.45, 7) is -0.338. The molecule has 24 heavy (non-hydrogen) atoms. The van der Waals surface area contributed by atoms with Crippen molar-refractivity contribution in [2.45, 2.75) is 6.18 Å². The van der Waals surface area contributed by atoms with E-state index in [-0.39, 0.29) is 22.8 Å². The smallest absolute Gasteiger partial charge is 0.324 e. The Balaban J connectivity index is 2.55. The van der Waals surface area contributed by atoms with Gasteiger partial charge in [0, 0.05) is 16.1 Å². The number of nitrogens with one attached hydrogen (secondary N) is 1. The molecule has 1 amide bonds. The first-order valence-corrected chi connectivity index (χ1v) is 7.12. The largest absolute Gasteiger partial charge is 0.417 e. The van der Waals surface area contributed by atoms with Crippen LogP contribution in [0.4, 0.5) is 18.9 Å². The third kappa shape index (κ3) is 3.93. The molecule has 2 aromatic rings. The summed E-state index contributed by atoms with van der Waals surface area (Å²) in [7, 11) is 0. The number of amides is 1. The number of ketones is 1. The molecule has 0 aliphatic carbocycles. The maximum Gasteiger partial charge on any atom is 0.417 e. The standard InChI is InChI=1S/C16H12ClF3N2O2/c17-9-5-6-13(22-14(23)8-21)11(7-9)15(24)10-3-1-2-4-12(10)16(18,19)20/h1-7H,8,21H2,(H,22,23). The lowest BCUT2D eigenvalue weighted by atomic mass is 9.97. The van der Waals surface area contributed by atoms with E-state index < -0.39 is 29.0 Å². The van der Waals surface area contributed by atoms with Crippen LogP contribution in [0, 0.1) is 0 Å². The van der Waals surface area contributed by atoms with Gasteiger partial charge >= 0.3 is 6.18 Å². The molecule has 3 N–H and O–H groups in total. The van der Waals surface area contributed by atoms with Crippen molar-refractivity contribution in [3.05, 3.63) is 64.2 Å². The van der Waals surface area contributed by atoms with Crippen molar-refractivity contribution < 1.29 is 22.8 Å². The molecule has 0 radical (unpaired) electrons. The van der Waals surface area contributed by atoms with Gasteiger partial charge in [-0.05, 0) is 24.3 Å². The molecule has 0 heterocycles. The van der Waals surface area contributed by atoms with Gasteiger partial charge in [0.2, 0.25) is 5.91 Å². The van der Waals surface area contributed by atoms with Crippen molar-refractivity contribution in [3.8, 4) is 0 Å². The minimum Gasteiger partial charge on any atom is -0.324 e. The van der Waals surface area contributed by atoms with E-state index in [0.717, 1.165) is 12.1 Å². The van der Waals surface area contributed by atoms with Gasteiger partial charge in [0.1, 0.15) is 0 Å². The predicted molar refractivity (Wildman–Crippen MR) is 84.0 cm³/mol. The molecule has 4 nitrogen and oxygen atoms in total. The summed E-state index contributed by atoms with van der Waals surface area (Å²) in [6, 6.07) is 8.33. The van der Waals surface area contributed by atoms with Crippen molar-refractivity contribution in [1.29, 1.82) is 0 Å². The van der Waals surface area contributed by atoms with Gasteiger partial charge in [-0.1, -0.05) is 29.8 Å². The van der Waals surface area contributed by atoms with Crippen molar-refractivity contribution in [2.75, 3.05) is 11.9 Å². The molecular formula is C16H12ClF3N2O2. The van der Waals surface area contributed by atoms with Crippen LogP contribution in [-0.4, -0.2) is 18.2 Å². The fraction of sp³-hybridized carbons (Fsp3) is 0.125. The number of carbonyl (C=O) groups excluding carboxylic acids is 2. The normalized spacial score (nSPS) is 11.2. The molecule has 0 aliphatic heterocycles. The van der Waals surface area contributed by atoms with Crippen LogP contribution >= 0.6 is 11.6 Å². The average Bonchev–Trinajstić information content (AvgIpc) is 2.55. The quantitative estimate of drug-likeness (QED) is 0.824. The molecule has 2 rings (SSSR count). The fourth-order valence-electron chi connectivity index (χ4n) is 2.09. The highest BCUT2D eigenvalue weighted by Crippen LogP contribution is 2.34. The van der Waals surface area contributed by atoms with E-state index in [0.29, 0.717) is 0 Å².